The van der Waals surface area contributed by atoms with Gasteiger partial charge in [-0.1, -0.05) is 53.3 Å². The Morgan fingerprint density at radius 3 is 2.58 bits per heavy atom. The fourth-order valence-corrected chi connectivity index (χ4v) is 3.60. The lowest BCUT2D eigenvalue weighted by Gasteiger charge is -2.01. The van der Waals surface area contributed by atoms with Gasteiger partial charge in [-0.2, -0.15) is 0 Å². The summed E-state index contributed by atoms with van der Waals surface area (Å²) < 4.78 is 0. The van der Waals surface area contributed by atoms with Crippen molar-refractivity contribution >= 4 is 45.7 Å². The average Bonchev–Trinajstić information content (AvgIpc) is 3.02. The van der Waals surface area contributed by atoms with Crippen LogP contribution in [0.4, 0.5) is 5.13 Å². The Kier molecular flexibility index (Phi) is 5.85. The zero-order valence-corrected chi connectivity index (χ0v) is 15.0. The first-order chi connectivity index (χ1) is 11.7. The van der Waals surface area contributed by atoms with Crippen LogP contribution in [-0.4, -0.2) is 21.9 Å². The third kappa shape index (κ3) is 5.06. The van der Waals surface area contributed by atoms with Gasteiger partial charge in [0, 0.05) is 16.3 Å². The van der Waals surface area contributed by atoms with Gasteiger partial charge in [-0.15, -0.1) is 22.0 Å². The number of carbonyl (C=O) groups excluding carboxylic acids is 1. The summed E-state index contributed by atoms with van der Waals surface area (Å²) in [5, 5.41) is 13.0. The predicted molar refractivity (Wildman–Crippen MR) is 100.0 cm³/mol. The Labute approximate surface area is 153 Å². The number of hydrogen-bond donors (Lipinski definition) is 1. The van der Waals surface area contributed by atoms with Crippen molar-refractivity contribution in [2.45, 2.75) is 11.3 Å². The number of rotatable bonds is 6. The van der Waals surface area contributed by atoms with E-state index in [1.165, 1.54) is 28.7 Å². The molecule has 2 aromatic carbocycles. The summed E-state index contributed by atoms with van der Waals surface area (Å²) in [6.45, 7) is 0. The number of nitrogens with zero attached hydrogens (tertiary/aromatic N) is 2. The lowest BCUT2D eigenvalue weighted by atomic mass is 10.2. The second kappa shape index (κ2) is 8.28. The molecule has 1 amide bonds. The van der Waals surface area contributed by atoms with E-state index in [1.54, 1.807) is 0 Å². The van der Waals surface area contributed by atoms with Gasteiger partial charge in [0.2, 0.25) is 11.0 Å². The summed E-state index contributed by atoms with van der Waals surface area (Å²) in [7, 11) is 0. The van der Waals surface area contributed by atoms with Gasteiger partial charge in [-0.3, -0.25) is 10.1 Å². The zero-order valence-electron chi connectivity index (χ0n) is 12.6. The van der Waals surface area contributed by atoms with E-state index < -0.39 is 0 Å². The van der Waals surface area contributed by atoms with Crippen LogP contribution >= 0.6 is 34.7 Å². The maximum Gasteiger partial charge on any atom is 0.236 e. The predicted octanol–water partition coefficient (Wildman–Crippen LogP) is 4.51. The van der Waals surface area contributed by atoms with Gasteiger partial charge >= 0.3 is 0 Å². The van der Waals surface area contributed by atoms with Crippen LogP contribution in [0.5, 0.6) is 0 Å². The van der Waals surface area contributed by atoms with Crippen LogP contribution in [0.2, 0.25) is 5.02 Å². The Balaban J connectivity index is 1.50. The second-order valence-electron chi connectivity index (χ2n) is 4.95. The molecule has 24 heavy (non-hydrogen) atoms. The van der Waals surface area contributed by atoms with E-state index in [2.05, 4.69) is 15.5 Å². The minimum atomic E-state index is -0.0997. The topological polar surface area (TPSA) is 54.9 Å². The van der Waals surface area contributed by atoms with Crippen molar-refractivity contribution in [3.63, 3.8) is 0 Å². The molecular weight excluding hydrogens is 362 g/mol. The molecule has 4 nitrogen and oxygen atoms in total. The monoisotopic (exact) mass is 375 g/mol. The van der Waals surface area contributed by atoms with Crippen LogP contribution in [0.15, 0.2) is 59.5 Å². The highest BCUT2D eigenvalue weighted by Crippen LogP contribution is 2.22. The van der Waals surface area contributed by atoms with Gasteiger partial charge in [0.15, 0.2) is 0 Å². The molecule has 0 aliphatic rings. The van der Waals surface area contributed by atoms with E-state index in [0.717, 1.165) is 9.90 Å². The molecule has 0 aliphatic heterocycles. The van der Waals surface area contributed by atoms with Gasteiger partial charge in [0.25, 0.3) is 0 Å². The molecule has 0 fully saturated rings. The van der Waals surface area contributed by atoms with Gasteiger partial charge in [0.1, 0.15) is 5.01 Å². The summed E-state index contributed by atoms with van der Waals surface area (Å²) in [6, 6.07) is 17.5. The second-order valence-corrected chi connectivity index (χ2v) is 7.50. The van der Waals surface area contributed by atoms with E-state index in [0.29, 0.717) is 22.3 Å². The molecular formula is C17H14ClN3OS2. The molecule has 0 saturated carbocycles. The van der Waals surface area contributed by atoms with Crippen molar-refractivity contribution < 1.29 is 4.79 Å². The third-order valence-corrected chi connectivity index (χ3v) is 5.20. The minimum absolute atomic E-state index is 0.0997. The fraction of sp³-hybridized carbons (Fsp3) is 0.118. The Morgan fingerprint density at radius 1 is 1.08 bits per heavy atom. The summed E-state index contributed by atoms with van der Waals surface area (Å²) in [4.78, 5) is 13.0. The molecule has 0 aliphatic carbocycles. The molecule has 0 bridgehead atoms. The van der Waals surface area contributed by atoms with Gasteiger partial charge in [-0.05, 0) is 29.8 Å². The van der Waals surface area contributed by atoms with Crippen molar-refractivity contribution in [2.24, 2.45) is 0 Å². The fourth-order valence-electron chi connectivity index (χ4n) is 1.98. The molecule has 122 valence electrons. The lowest BCUT2D eigenvalue weighted by Crippen LogP contribution is -2.13. The molecule has 0 atom stereocenters. The SMILES string of the molecule is O=C(CSc1ccc(Cl)cc1)Nc1nnc(Cc2ccccc2)s1. The van der Waals surface area contributed by atoms with Gasteiger partial charge in [0.05, 0.1) is 5.75 Å². The van der Waals surface area contributed by atoms with Crippen LogP contribution in [0, 0.1) is 0 Å². The minimum Gasteiger partial charge on any atom is -0.300 e. The molecule has 1 N–H and O–H groups in total. The first-order valence-electron chi connectivity index (χ1n) is 7.23. The number of aromatic nitrogens is 2. The molecule has 0 radical (unpaired) electrons. The highest BCUT2D eigenvalue weighted by Gasteiger charge is 2.09. The number of nitrogens with one attached hydrogen (secondary N) is 1. The van der Waals surface area contributed by atoms with Crippen molar-refractivity contribution in [1.82, 2.24) is 10.2 Å². The number of carbonyl (C=O) groups is 1. The maximum absolute atomic E-state index is 12.0. The summed E-state index contributed by atoms with van der Waals surface area (Å²) in [5.74, 6) is 0.215. The van der Waals surface area contributed by atoms with Crippen molar-refractivity contribution in [1.29, 1.82) is 0 Å². The van der Waals surface area contributed by atoms with Gasteiger partial charge < -0.3 is 0 Å². The van der Waals surface area contributed by atoms with Gasteiger partial charge in [-0.25, -0.2) is 0 Å². The molecule has 0 unspecified atom stereocenters. The summed E-state index contributed by atoms with van der Waals surface area (Å²) >= 11 is 8.69. The first kappa shape index (κ1) is 17.0. The normalized spacial score (nSPS) is 10.5. The maximum atomic E-state index is 12.0. The van der Waals surface area contributed by atoms with E-state index in [9.17, 15) is 4.79 Å². The standard InChI is InChI=1S/C17H14ClN3OS2/c18-13-6-8-14(9-7-13)23-11-15(22)19-17-21-20-16(24-17)10-12-4-2-1-3-5-12/h1-9H,10-11H2,(H,19,21,22). The van der Waals surface area contributed by atoms with Crippen LogP contribution < -0.4 is 5.32 Å². The van der Waals surface area contributed by atoms with Crippen molar-refractivity contribution in [2.75, 3.05) is 11.1 Å². The highest BCUT2D eigenvalue weighted by atomic mass is 35.5. The van der Waals surface area contributed by atoms with E-state index in [4.69, 9.17) is 11.6 Å². The van der Waals surface area contributed by atoms with E-state index in [-0.39, 0.29) is 5.91 Å². The molecule has 0 saturated heterocycles. The third-order valence-electron chi connectivity index (χ3n) is 3.09. The van der Waals surface area contributed by atoms with E-state index >= 15 is 0 Å². The summed E-state index contributed by atoms with van der Waals surface area (Å²) in [6.07, 6.45) is 0.716. The molecule has 0 spiro atoms. The molecule has 1 aromatic heterocycles. The van der Waals surface area contributed by atoms with Crippen molar-refractivity contribution in [3.8, 4) is 0 Å². The lowest BCUT2D eigenvalue weighted by molar-refractivity contribution is -0.113. The number of thioether (sulfide) groups is 1. The Bertz CT molecular complexity index is 806. The smallest absolute Gasteiger partial charge is 0.236 e. The molecule has 3 rings (SSSR count). The quantitative estimate of drug-likeness (QED) is 0.644. The van der Waals surface area contributed by atoms with Crippen LogP contribution in [-0.2, 0) is 11.2 Å². The van der Waals surface area contributed by atoms with Crippen molar-refractivity contribution in [3.05, 3.63) is 70.2 Å². The van der Waals surface area contributed by atoms with Crippen LogP contribution in [0.1, 0.15) is 10.6 Å². The average molecular weight is 376 g/mol. The van der Waals surface area contributed by atoms with E-state index in [1.807, 2.05) is 54.6 Å². The molecule has 1 heterocycles. The highest BCUT2D eigenvalue weighted by molar-refractivity contribution is 8.00. The summed E-state index contributed by atoms with van der Waals surface area (Å²) in [5.41, 5.74) is 1.17. The first-order valence-corrected chi connectivity index (χ1v) is 9.41. The zero-order chi connectivity index (χ0) is 16.8. The van der Waals surface area contributed by atoms with Crippen LogP contribution in [0.25, 0.3) is 0 Å². The Hall–Kier alpha value is -1.89. The number of amides is 1. The Morgan fingerprint density at radius 2 is 1.83 bits per heavy atom. The molecule has 3 aromatic rings. The number of benzene rings is 2. The van der Waals surface area contributed by atoms with Crippen LogP contribution in [0.3, 0.4) is 0 Å². The molecule has 7 heteroatoms. The largest absolute Gasteiger partial charge is 0.300 e. The number of halogens is 1. The number of anilines is 1. The number of hydrogen-bond acceptors (Lipinski definition) is 5.